The Bertz CT molecular complexity index is 876. The molecule has 0 amide bonds. The highest BCUT2D eigenvalue weighted by atomic mass is 16.3. The number of hydrogen-bond acceptors (Lipinski definition) is 6. The highest BCUT2D eigenvalue weighted by Crippen LogP contribution is 2.28. The number of aromatic nitrogens is 3. The number of para-hydroxylation sites is 1. The van der Waals surface area contributed by atoms with E-state index in [0.29, 0.717) is 5.82 Å². The molecule has 0 bridgehead atoms. The van der Waals surface area contributed by atoms with Gasteiger partial charge in [0.15, 0.2) is 5.82 Å². The van der Waals surface area contributed by atoms with Crippen molar-refractivity contribution in [3.8, 4) is 11.4 Å². The molecule has 4 rings (SSSR count). The van der Waals surface area contributed by atoms with Crippen LogP contribution in [0.4, 0.5) is 5.82 Å². The van der Waals surface area contributed by atoms with Crippen LogP contribution in [0, 0.1) is 0 Å². The lowest BCUT2D eigenvalue weighted by Crippen LogP contribution is -2.48. The Balaban J connectivity index is 1.68. The molecule has 1 fully saturated rings. The first-order chi connectivity index (χ1) is 12.7. The van der Waals surface area contributed by atoms with E-state index in [-0.39, 0.29) is 6.10 Å². The highest BCUT2D eigenvalue weighted by Gasteiger charge is 2.21. The Kier molecular flexibility index (Phi) is 4.77. The number of aliphatic hydroxyl groups is 1. The van der Waals surface area contributed by atoms with Crippen molar-refractivity contribution < 1.29 is 5.11 Å². The van der Waals surface area contributed by atoms with Gasteiger partial charge in [-0.05, 0) is 31.2 Å². The predicted octanol–water partition coefficient (Wildman–Crippen LogP) is 2.19. The first-order valence-corrected chi connectivity index (χ1v) is 9.03. The largest absolute Gasteiger partial charge is 0.392 e. The molecule has 26 heavy (non-hydrogen) atoms. The molecule has 1 unspecified atom stereocenters. The molecule has 2 aromatic heterocycles. The standard InChI is InChI=1S/C20H23N5O/c1-15(26)14-24-9-11-25(12-10-24)20-17-6-2-3-7-18(17)22-19(23-20)16-5-4-8-21-13-16/h2-8,13,15,26H,9-12,14H2,1H3. The zero-order valence-electron chi connectivity index (χ0n) is 14.9. The minimum atomic E-state index is -0.293. The summed E-state index contributed by atoms with van der Waals surface area (Å²) in [6.45, 7) is 6.18. The second-order valence-corrected chi connectivity index (χ2v) is 6.77. The molecule has 3 heterocycles. The maximum atomic E-state index is 9.61. The Labute approximate surface area is 153 Å². The molecule has 0 saturated carbocycles. The number of rotatable bonds is 4. The average molecular weight is 349 g/mol. The molecule has 0 aliphatic carbocycles. The number of hydrogen-bond donors (Lipinski definition) is 1. The third kappa shape index (κ3) is 3.52. The molecule has 1 aliphatic heterocycles. The fourth-order valence-electron chi connectivity index (χ4n) is 3.44. The lowest BCUT2D eigenvalue weighted by atomic mass is 10.2. The number of fused-ring (bicyclic) bond motifs is 1. The number of aliphatic hydroxyl groups excluding tert-OH is 1. The van der Waals surface area contributed by atoms with Gasteiger partial charge in [-0.1, -0.05) is 12.1 Å². The van der Waals surface area contributed by atoms with E-state index in [9.17, 15) is 5.11 Å². The van der Waals surface area contributed by atoms with Gasteiger partial charge in [0.05, 0.1) is 11.6 Å². The Morgan fingerprint density at radius 3 is 2.58 bits per heavy atom. The molecule has 1 N–H and O–H groups in total. The predicted molar refractivity (Wildman–Crippen MR) is 103 cm³/mol. The number of nitrogens with zero attached hydrogens (tertiary/aromatic N) is 5. The molecular weight excluding hydrogens is 326 g/mol. The Hall–Kier alpha value is -2.57. The molecule has 3 aromatic rings. The van der Waals surface area contributed by atoms with Crippen molar-refractivity contribution in [2.75, 3.05) is 37.6 Å². The quantitative estimate of drug-likeness (QED) is 0.779. The van der Waals surface area contributed by atoms with E-state index >= 15 is 0 Å². The average Bonchev–Trinajstić information content (AvgIpc) is 2.68. The van der Waals surface area contributed by atoms with E-state index in [1.54, 1.807) is 12.4 Å². The van der Waals surface area contributed by atoms with Crippen LogP contribution in [0.2, 0.25) is 0 Å². The molecule has 134 valence electrons. The highest BCUT2D eigenvalue weighted by molar-refractivity contribution is 5.91. The first kappa shape index (κ1) is 16.9. The van der Waals surface area contributed by atoms with Crippen molar-refractivity contribution in [2.45, 2.75) is 13.0 Å². The number of benzene rings is 1. The summed E-state index contributed by atoms with van der Waals surface area (Å²) >= 11 is 0. The van der Waals surface area contributed by atoms with Crippen molar-refractivity contribution in [1.29, 1.82) is 0 Å². The van der Waals surface area contributed by atoms with Gasteiger partial charge in [0, 0.05) is 56.1 Å². The Morgan fingerprint density at radius 2 is 1.85 bits per heavy atom. The Morgan fingerprint density at radius 1 is 1.04 bits per heavy atom. The third-order valence-corrected chi connectivity index (χ3v) is 4.70. The maximum absolute atomic E-state index is 9.61. The van der Waals surface area contributed by atoms with Crippen LogP contribution in [-0.4, -0.2) is 63.8 Å². The van der Waals surface area contributed by atoms with E-state index < -0.39 is 0 Å². The zero-order valence-corrected chi connectivity index (χ0v) is 14.9. The van der Waals surface area contributed by atoms with Gasteiger partial charge in [0.2, 0.25) is 0 Å². The van der Waals surface area contributed by atoms with Crippen molar-refractivity contribution in [2.24, 2.45) is 0 Å². The zero-order chi connectivity index (χ0) is 17.9. The summed E-state index contributed by atoms with van der Waals surface area (Å²) in [6, 6.07) is 12.0. The molecule has 1 aromatic carbocycles. The first-order valence-electron chi connectivity index (χ1n) is 9.03. The second-order valence-electron chi connectivity index (χ2n) is 6.77. The molecule has 0 radical (unpaired) electrons. The van der Waals surface area contributed by atoms with Crippen molar-refractivity contribution in [1.82, 2.24) is 19.9 Å². The topological polar surface area (TPSA) is 65.4 Å². The summed E-state index contributed by atoms with van der Waals surface area (Å²) in [7, 11) is 0. The number of β-amino-alcohol motifs (C(OH)–C–C–N with tert-alkyl or cyclic N) is 1. The SMILES string of the molecule is CC(O)CN1CCN(c2nc(-c3cccnc3)nc3ccccc23)CC1. The summed E-state index contributed by atoms with van der Waals surface area (Å²) in [5.74, 6) is 1.68. The van der Waals surface area contributed by atoms with E-state index in [0.717, 1.165) is 55.0 Å². The smallest absolute Gasteiger partial charge is 0.163 e. The van der Waals surface area contributed by atoms with Gasteiger partial charge in [-0.15, -0.1) is 0 Å². The van der Waals surface area contributed by atoms with Gasteiger partial charge in [0.25, 0.3) is 0 Å². The summed E-state index contributed by atoms with van der Waals surface area (Å²) < 4.78 is 0. The third-order valence-electron chi connectivity index (χ3n) is 4.70. The lowest BCUT2D eigenvalue weighted by Gasteiger charge is -2.36. The van der Waals surface area contributed by atoms with E-state index in [4.69, 9.17) is 9.97 Å². The second kappa shape index (κ2) is 7.35. The number of pyridine rings is 1. The molecule has 1 saturated heterocycles. The van der Waals surface area contributed by atoms with Crippen LogP contribution >= 0.6 is 0 Å². The van der Waals surface area contributed by atoms with Crippen LogP contribution in [0.15, 0.2) is 48.8 Å². The van der Waals surface area contributed by atoms with Crippen LogP contribution in [0.1, 0.15) is 6.92 Å². The normalized spacial score (nSPS) is 16.8. The van der Waals surface area contributed by atoms with E-state index in [1.165, 1.54) is 0 Å². The summed E-state index contributed by atoms with van der Waals surface area (Å²) in [6.07, 6.45) is 3.26. The monoisotopic (exact) mass is 349 g/mol. The number of piperazine rings is 1. The molecule has 1 aliphatic rings. The van der Waals surface area contributed by atoms with Crippen LogP contribution in [0.5, 0.6) is 0 Å². The van der Waals surface area contributed by atoms with Crippen LogP contribution in [-0.2, 0) is 0 Å². The van der Waals surface area contributed by atoms with Gasteiger partial charge in [-0.3, -0.25) is 9.88 Å². The maximum Gasteiger partial charge on any atom is 0.163 e. The van der Waals surface area contributed by atoms with Gasteiger partial charge >= 0.3 is 0 Å². The summed E-state index contributed by atoms with van der Waals surface area (Å²) in [4.78, 5) is 18.4. The summed E-state index contributed by atoms with van der Waals surface area (Å²) in [5.41, 5.74) is 1.87. The van der Waals surface area contributed by atoms with Gasteiger partial charge in [0.1, 0.15) is 5.82 Å². The summed E-state index contributed by atoms with van der Waals surface area (Å²) in [5, 5.41) is 10.7. The van der Waals surface area contributed by atoms with E-state index in [2.05, 4.69) is 20.9 Å². The van der Waals surface area contributed by atoms with Crippen molar-refractivity contribution >= 4 is 16.7 Å². The minimum absolute atomic E-state index is 0.293. The van der Waals surface area contributed by atoms with Gasteiger partial charge in [-0.2, -0.15) is 0 Å². The molecule has 6 heteroatoms. The fourth-order valence-corrected chi connectivity index (χ4v) is 3.44. The van der Waals surface area contributed by atoms with Crippen LogP contribution in [0.3, 0.4) is 0 Å². The molecular formula is C20H23N5O. The molecule has 6 nitrogen and oxygen atoms in total. The van der Waals surface area contributed by atoms with Crippen LogP contribution in [0.25, 0.3) is 22.3 Å². The minimum Gasteiger partial charge on any atom is -0.392 e. The molecule has 1 atom stereocenters. The van der Waals surface area contributed by atoms with Gasteiger partial charge < -0.3 is 10.0 Å². The lowest BCUT2D eigenvalue weighted by molar-refractivity contribution is 0.122. The van der Waals surface area contributed by atoms with Crippen molar-refractivity contribution in [3.05, 3.63) is 48.8 Å². The van der Waals surface area contributed by atoms with Crippen LogP contribution < -0.4 is 4.90 Å². The van der Waals surface area contributed by atoms with Gasteiger partial charge in [-0.25, -0.2) is 9.97 Å². The van der Waals surface area contributed by atoms with E-state index in [1.807, 2.05) is 37.3 Å². The van der Waals surface area contributed by atoms with Crippen molar-refractivity contribution in [3.63, 3.8) is 0 Å². The fraction of sp³-hybridized carbons (Fsp3) is 0.350. The number of anilines is 1. The molecule has 0 spiro atoms.